The highest BCUT2D eigenvalue weighted by Gasteiger charge is 2.23. The number of sulfone groups is 1. The summed E-state index contributed by atoms with van der Waals surface area (Å²) in [6, 6.07) is 7.22. The molecule has 148 valence electrons. The van der Waals surface area contributed by atoms with Crippen molar-refractivity contribution in [1.29, 1.82) is 0 Å². The van der Waals surface area contributed by atoms with Crippen LogP contribution in [0.2, 0.25) is 0 Å². The number of nitrogens with zero attached hydrogens (tertiary/aromatic N) is 2. The van der Waals surface area contributed by atoms with Crippen LogP contribution in [-0.2, 0) is 9.84 Å². The van der Waals surface area contributed by atoms with E-state index >= 15 is 0 Å². The van der Waals surface area contributed by atoms with Crippen molar-refractivity contribution < 1.29 is 26.0 Å². The zero-order chi connectivity index (χ0) is 20.8. The van der Waals surface area contributed by atoms with Crippen LogP contribution in [0, 0.1) is 25.5 Å². The van der Waals surface area contributed by atoms with Crippen LogP contribution in [0.25, 0.3) is 16.9 Å². The van der Waals surface area contributed by atoms with Gasteiger partial charge in [-0.05, 0) is 55.3 Å². The maximum atomic E-state index is 14.6. The Labute approximate surface area is 159 Å². The zero-order valence-corrected chi connectivity index (χ0v) is 16.0. The van der Waals surface area contributed by atoms with Crippen LogP contribution < -0.4 is 0 Å². The molecule has 1 heterocycles. The lowest BCUT2D eigenvalue weighted by atomic mass is 10.1. The molecule has 0 aliphatic carbocycles. The quantitative estimate of drug-likeness (QED) is 0.580. The summed E-state index contributed by atoms with van der Waals surface area (Å²) in [7, 11) is -3.99. The van der Waals surface area contributed by atoms with Crippen LogP contribution in [-0.4, -0.2) is 24.5 Å². The molecular weight excluding hydrogens is 396 g/mol. The Morgan fingerprint density at radius 3 is 2.21 bits per heavy atom. The van der Waals surface area contributed by atoms with E-state index < -0.39 is 38.5 Å². The molecule has 0 radical (unpaired) electrons. The summed E-state index contributed by atoms with van der Waals surface area (Å²) in [5.41, 5.74) is 1.10. The van der Waals surface area contributed by atoms with E-state index in [4.69, 9.17) is 0 Å². The van der Waals surface area contributed by atoms with Gasteiger partial charge in [0.15, 0.2) is 9.84 Å². The normalized spacial score (nSPS) is 12.0. The zero-order valence-electron chi connectivity index (χ0n) is 15.2. The molecule has 0 fully saturated rings. The van der Waals surface area contributed by atoms with Gasteiger partial charge < -0.3 is 0 Å². The van der Waals surface area contributed by atoms with Crippen molar-refractivity contribution in [3.05, 3.63) is 64.9 Å². The van der Waals surface area contributed by atoms with Gasteiger partial charge in [-0.25, -0.2) is 30.7 Å². The van der Waals surface area contributed by atoms with Gasteiger partial charge in [-0.2, -0.15) is 5.10 Å². The molecule has 4 nitrogen and oxygen atoms in total. The Morgan fingerprint density at radius 2 is 1.64 bits per heavy atom. The molecule has 0 bridgehead atoms. The highest BCUT2D eigenvalue weighted by Crippen LogP contribution is 2.32. The summed E-state index contributed by atoms with van der Waals surface area (Å²) in [6.45, 7) is 3.68. The molecule has 0 spiro atoms. The summed E-state index contributed by atoms with van der Waals surface area (Å²) in [6.07, 6.45) is -2.17. The molecule has 0 saturated carbocycles. The predicted octanol–water partition coefficient (Wildman–Crippen LogP) is 4.78. The smallest absolute Gasteiger partial charge is 0.233 e. The standard InChI is InChI=1S/C19H16F4N2O2S/c1-10-4-5-12(6-11(10)2)25-17(9-16(24-25)19(22)23)13-7-15(21)18(8-14(13)20)28(3,26)27/h4-9,19H,1-3H3. The van der Waals surface area contributed by atoms with Crippen LogP contribution in [0.15, 0.2) is 41.3 Å². The van der Waals surface area contributed by atoms with Crippen LogP contribution in [0.3, 0.4) is 0 Å². The average Bonchev–Trinajstić information content (AvgIpc) is 3.03. The van der Waals surface area contributed by atoms with Gasteiger partial charge >= 0.3 is 0 Å². The maximum Gasteiger partial charge on any atom is 0.282 e. The first kappa shape index (κ1) is 20.1. The molecule has 0 unspecified atom stereocenters. The highest BCUT2D eigenvalue weighted by molar-refractivity contribution is 7.90. The molecule has 0 aliphatic rings. The Balaban J connectivity index is 2.27. The van der Waals surface area contributed by atoms with E-state index in [2.05, 4.69) is 5.10 Å². The first-order chi connectivity index (χ1) is 13.0. The topological polar surface area (TPSA) is 52.0 Å². The van der Waals surface area contributed by atoms with Crippen LogP contribution in [0.4, 0.5) is 17.6 Å². The molecule has 3 rings (SSSR count). The van der Waals surface area contributed by atoms with Crippen LogP contribution in [0.1, 0.15) is 23.2 Å². The van der Waals surface area contributed by atoms with Crippen LogP contribution >= 0.6 is 0 Å². The van der Waals surface area contributed by atoms with Crippen molar-refractivity contribution >= 4 is 9.84 Å². The van der Waals surface area contributed by atoms with Gasteiger partial charge in [-0.3, -0.25) is 0 Å². The fraction of sp³-hybridized carbons (Fsp3) is 0.211. The van der Waals surface area contributed by atoms with E-state index in [0.29, 0.717) is 17.8 Å². The second-order valence-corrected chi connectivity index (χ2v) is 8.45. The Kier molecular flexibility index (Phi) is 5.05. The third-order valence-corrected chi connectivity index (χ3v) is 5.50. The molecule has 28 heavy (non-hydrogen) atoms. The summed E-state index contributed by atoms with van der Waals surface area (Å²) in [5.74, 6) is -2.24. The third-order valence-electron chi connectivity index (χ3n) is 4.38. The summed E-state index contributed by atoms with van der Waals surface area (Å²) >= 11 is 0. The highest BCUT2D eigenvalue weighted by atomic mass is 32.2. The molecule has 9 heteroatoms. The minimum absolute atomic E-state index is 0.116. The van der Waals surface area contributed by atoms with E-state index in [1.165, 1.54) is 0 Å². The lowest BCUT2D eigenvalue weighted by Crippen LogP contribution is -2.05. The van der Waals surface area contributed by atoms with Crippen molar-refractivity contribution in [2.24, 2.45) is 0 Å². The van der Waals surface area contributed by atoms with Gasteiger partial charge in [0.05, 0.1) is 11.4 Å². The predicted molar refractivity (Wildman–Crippen MR) is 96.5 cm³/mol. The number of hydrogen-bond acceptors (Lipinski definition) is 3. The van der Waals surface area contributed by atoms with E-state index in [-0.39, 0.29) is 11.3 Å². The maximum absolute atomic E-state index is 14.6. The summed E-state index contributed by atoms with van der Waals surface area (Å²) < 4.78 is 79.6. The number of benzene rings is 2. The summed E-state index contributed by atoms with van der Waals surface area (Å²) in [5, 5.41) is 3.83. The van der Waals surface area contributed by atoms with Crippen molar-refractivity contribution in [3.8, 4) is 16.9 Å². The van der Waals surface area contributed by atoms with Crippen molar-refractivity contribution in [2.45, 2.75) is 25.2 Å². The second-order valence-electron chi connectivity index (χ2n) is 6.47. The Hall–Kier alpha value is -2.68. The van der Waals surface area contributed by atoms with Crippen molar-refractivity contribution in [2.75, 3.05) is 6.26 Å². The van der Waals surface area contributed by atoms with Crippen molar-refractivity contribution in [3.63, 3.8) is 0 Å². The first-order valence-electron chi connectivity index (χ1n) is 8.14. The fourth-order valence-electron chi connectivity index (χ4n) is 2.76. The van der Waals surface area contributed by atoms with E-state index in [9.17, 15) is 26.0 Å². The molecule has 0 amide bonds. The van der Waals surface area contributed by atoms with Gasteiger partial charge in [-0.15, -0.1) is 0 Å². The first-order valence-corrected chi connectivity index (χ1v) is 10.0. The number of aromatic nitrogens is 2. The second kappa shape index (κ2) is 7.05. The van der Waals surface area contributed by atoms with E-state index in [1.54, 1.807) is 18.2 Å². The molecule has 1 aromatic heterocycles. The average molecular weight is 412 g/mol. The van der Waals surface area contributed by atoms with Gasteiger partial charge in [0.2, 0.25) is 0 Å². The molecule has 0 aliphatic heterocycles. The molecule has 0 N–H and O–H groups in total. The SMILES string of the molecule is Cc1ccc(-n2nc(C(F)F)cc2-c2cc(F)c(S(C)(=O)=O)cc2F)cc1C. The number of alkyl halides is 2. The summed E-state index contributed by atoms with van der Waals surface area (Å²) in [4.78, 5) is -0.805. The Bertz CT molecular complexity index is 1170. The number of rotatable bonds is 4. The largest absolute Gasteiger partial charge is 0.282 e. The monoisotopic (exact) mass is 412 g/mol. The third kappa shape index (κ3) is 3.66. The molecule has 0 atom stereocenters. The lowest BCUT2D eigenvalue weighted by molar-refractivity contribution is 0.145. The molecule has 3 aromatic rings. The molecule has 2 aromatic carbocycles. The van der Waals surface area contributed by atoms with Gasteiger partial charge in [0.1, 0.15) is 22.2 Å². The Morgan fingerprint density at radius 1 is 0.964 bits per heavy atom. The van der Waals surface area contributed by atoms with Crippen molar-refractivity contribution in [1.82, 2.24) is 9.78 Å². The van der Waals surface area contributed by atoms with Gasteiger partial charge in [0, 0.05) is 11.8 Å². The van der Waals surface area contributed by atoms with Gasteiger partial charge in [-0.1, -0.05) is 6.07 Å². The van der Waals surface area contributed by atoms with E-state index in [1.807, 2.05) is 13.8 Å². The minimum Gasteiger partial charge on any atom is -0.233 e. The van der Waals surface area contributed by atoms with E-state index in [0.717, 1.165) is 28.1 Å². The van der Waals surface area contributed by atoms with Crippen LogP contribution in [0.5, 0.6) is 0 Å². The van der Waals surface area contributed by atoms with Gasteiger partial charge in [0.25, 0.3) is 6.43 Å². The fourth-order valence-corrected chi connectivity index (χ4v) is 3.49. The minimum atomic E-state index is -3.99. The molecular formula is C19H16F4N2O2S. The number of aryl methyl sites for hydroxylation is 2. The number of hydrogen-bond donors (Lipinski definition) is 0. The number of halogens is 4. The molecule has 0 saturated heterocycles. The lowest BCUT2D eigenvalue weighted by Gasteiger charge is -2.11.